The predicted molar refractivity (Wildman–Crippen MR) is 77.3 cm³/mol. The van der Waals surface area contributed by atoms with Gasteiger partial charge in [-0.25, -0.2) is 4.79 Å². The predicted octanol–water partition coefficient (Wildman–Crippen LogP) is 2.26. The molecule has 2 aromatic rings. The van der Waals surface area contributed by atoms with Gasteiger partial charge in [-0.2, -0.15) is 0 Å². The van der Waals surface area contributed by atoms with E-state index in [1.807, 2.05) is 30.3 Å². The molecule has 1 heterocycles. The molecule has 1 atom stereocenters. The Morgan fingerprint density at radius 2 is 1.67 bits per heavy atom. The lowest BCUT2D eigenvalue weighted by Crippen LogP contribution is -2.09. The molecular weight excluding hydrogens is 268 g/mol. The number of benzene rings is 2. The Kier molecular flexibility index (Phi) is 3.46. The van der Waals surface area contributed by atoms with E-state index in [9.17, 15) is 15.0 Å². The molecule has 21 heavy (non-hydrogen) atoms. The second-order valence-corrected chi connectivity index (χ2v) is 4.86. The van der Waals surface area contributed by atoms with Crippen molar-refractivity contribution in [3.63, 3.8) is 0 Å². The Morgan fingerprint density at radius 3 is 2.33 bits per heavy atom. The highest BCUT2D eigenvalue weighted by Gasteiger charge is 2.33. The zero-order valence-corrected chi connectivity index (χ0v) is 11.2. The average molecular weight is 282 g/mol. The number of aliphatic hydroxyl groups is 1. The molecule has 106 valence electrons. The van der Waals surface area contributed by atoms with Gasteiger partial charge in [0.1, 0.15) is 5.75 Å². The molecule has 0 spiro atoms. The molecule has 0 aromatic heterocycles. The van der Waals surface area contributed by atoms with E-state index in [1.165, 1.54) is 0 Å². The minimum Gasteiger partial charge on any atom is -0.508 e. The minimum atomic E-state index is -1.23. The molecule has 2 aromatic carbocycles. The lowest BCUT2D eigenvalue weighted by Gasteiger charge is -2.08. The Labute approximate surface area is 121 Å². The summed E-state index contributed by atoms with van der Waals surface area (Å²) in [7, 11) is 0. The van der Waals surface area contributed by atoms with Crippen molar-refractivity contribution in [3.05, 3.63) is 71.3 Å². The number of cyclic esters (lactones) is 1. The second kappa shape index (κ2) is 5.42. The molecule has 0 saturated heterocycles. The van der Waals surface area contributed by atoms with E-state index in [-0.39, 0.29) is 5.75 Å². The van der Waals surface area contributed by atoms with Crippen LogP contribution in [0.1, 0.15) is 11.1 Å². The number of hydrogen-bond donors (Lipinski definition) is 2. The van der Waals surface area contributed by atoms with Gasteiger partial charge in [-0.1, -0.05) is 42.5 Å². The van der Waals surface area contributed by atoms with E-state index in [1.54, 1.807) is 24.3 Å². The van der Waals surface area contributed by atoms with Crippen molar-refractivity contribution in [3.8, 4) is 5.75 Å². The number of phenolic OH excluding ortho intramolecular Hbond substituents is 1. The maximum atomic E-state index is 12.0. The lowest BCUT2D eigenvalue weighted by molar-refractivity contribution is -0.150. The van der Waals surface area contributed by atoms with Gasteiger partial charge in [0.15, 0.2) is 0 Å². The summed E-state index contributed by atoms with van der Waals surface area (Å²) in [5.41, 5.74) is 2.58. The molecule has 0 bridgehead atoms. The summed E-state index contributed by atoms with van der Waals surface area (Å²) < 4.78 is 4.93. The number of phenols is 1. The number of aromatic hydroxyl groups is 1. The van der Waals surface area contributed by atoms with Crippen molar-refractivity contribution in [2.75, 3.05) is 0 Å². The second-order valence-electron chi connectivity index (χ2n) is 4.86. The number of aliphatic hydroxyl groups excluding tert-OH is 1. The third kappa shape index (κ3) is 2.66. The number of carbonyl (C=O) groups is 1. The largest absolute Gasteiger partial charge is 0.508 e. The van der Waals surface area contributed by atoms with Crippen molar-refractivity contribution < 1.29 is 19.7 Å². The molecule has 2 N–H and O–H groups in total. The zero-order chi connectivity index (χ0) is 14.8. The zero-order valence-electron chi connectivity index (χ0n) is 11.2. The van der Waals surface area contributed by atoms with Gasteiger partial charge in [-0.05, 0) is 23.3 Å². The van der Waals surface area contributed by atoms with Gasteiger partial charge in [0.05, 0.1) is 5.57 Å². The molecule has 1 aliphatic rings. The molecule has 0 saturated carbocycles. The average Bonchev–Trinajstić information content (AvgIpc) is 2.76. The van der Waals surface area contributed by atoms with Crippen LogP contribution in [0.2, 0.25) is 0 Å². The van der Waals surface area contributed by atoms with Crippen molar-refractivity contribution in [1.29, 1.82) is 0 Å². The van der Waals surface area contributed by atoms with E-state index in [0.29, 0.717) is 17.6 Å². The highest BCUT2D eigenvalue weighted by atomic mass is 16.6. The van der Waals surface area contributed by atoms with Crippen molar-refractivity contribution >= 4 is 11.5 Å². The van der Waals surface area contributed by atoms with Crippen LogP contribution in [0.15, 0.2) is 60.2 Å². The quantitative estimate of drug-likeness (QED) is 0.847. The molecule has 0 fully saturated rings. The Balaban J connectivity index is 2.01. The Hall–Kier alpha value is -2.59. The number of hydrogen-bond acceptors (Lipinski definition) is 4. The van der Waals surface area contributed by atoms with Gasteiger partial charge >= 0.3 is 5.97 Å². The van der Waals surface area contributed by atoms with Crippen LogP contribution in [0.25, 0.3) is 5.57 Å². The standard InChI is InChI=1S/C17H14O4/c18-13-8-6-11(7-9-13)10-14-15(17(20)21-16(14)19)12-4-2-1-3-5-12/h1-9,17-18,20H,10H2/t17-/m1/s1. The Bertz CT molecular complexity index is 686. The Morgan fingerprint density at radius 1 is 1.00 bits per heavy atom. The third-order valence-electron chi connectivity index (χ3n) is 3.44. The fraction of sp³-hybridized carbons (Fsp3) is 0.118. The van der Waals surface area contributed by atoms with Gasteiger partial charge in [0.25, 0.3) is 0 Å². The van der Waals surface area contributed by atoms with Crippen LogP contribution < -0.4 is 0 Å². The molecule has 3 rings (SSSR count). The first-order valence-corrected chi connectivity index (χ1v) is 6.60. The SMILES string of the molecule is O=C1O[C@@H](O)C(c2ccccc2)=C1Cc1ccc(O)cc1. The van der Waals surface area contributed by atoms with Crippen molar-refractivity contribution in [2.24, 2.45) is 0 Å². The van der Waals surface area contributed by atoms with E-state index >= 15 is 0 Å². The van der Waals surface area contributed by atoms with Crippen LogP contribution in [-0.4, -0.2) is 22.5 Å². The van der Waals surface area contributed by atoms with Crippen LogP contribution in [0.3, 0.4) is 0 Å². The fourth-order valence-corrected chi connectivity index (χ4v) is 2.41. The van der Waals surface area contributed by atoms with Gasteiger partial charge in [0, 0.05) is 12.0 Å². The number of ether oxygens (including phenoxy) is 1. The van der Waals surface area contributed by atoms with Crippen LogP contribution in [0, 0.1) is 0 Å². The summed E-state index contributed by atoms with van der Waals surface area (Å²) in [5.74, 6) is -0.334. The van der Waals surface area contributed by atoms with E-state index in [4.69, 9.17) is 4.74 Å². The van der Waals surface area contributed by atoms with Crippen molar-refractivity contribution in [2.45, 2.75) is 12.7 Å². The van der Waals surface area contributed by atoms with Crippen LogP contribution in [0.4, 0.5) is 0 Å². The molecule has 0 radical (unpaired) electrons. The fourth-order valence-electron chi connectivity index (χ4n) is 2.41. The molecule has 0 unspecified atom stereocenters. The molecule has 1 aliphatic heterocycles. The minimum absolute atomic E-state index is 0.171. The van der Waals surface area contributed by atoms with Crippen molar-refractivity contribution in [1.82, 2.24) is 0 Å². The number of carbonyl (C=O) groups excluding carboxylic acids is 1. The maximum Gasteiger partial charge on any atom is 0.337 e. The smallest absolute Gasteiger partial charge is 0.337 e. The molecule has 0 aliphatic carbocycles. The first-order valence-electron chi connectivity index (χ1n) is 6.60. The normalized spacial score (nSPS) is 18.0. The molecule has 4 nitrogen and oxygen atoms in total. The van der Waals surface area contributed by atoms with Gasteiger partial charge in [-0.3, -0.25) is 0 Å². The van der Waals surface area contributed by atoms with E-state index in [2.05, 4.69) is 0 Å². The van der Waals surface area contributed by atoms with Crippen LogP contribution in [-0.2, 0) is 16.0 Å². The molecular formula is C17H14O4. The van der Waals surface area contributed by atoms with E-state index in [0.717, 1.165) is 11.1 Å². The molecule has 0 amide bonds. The van der Waals surface area contributed by atoms with Gasteiger partial charge < -0.3 is 14.9 Å². The number of esters is 1. The first kappa shape index (κ1) is 13.4. The number of rotatable bonds is 3. The summed E-state index contributed by atoms with van der Waals surface area (Å²) in [4.78, 5) is 12.0. The summed E-state index contributed by atoms with van der Waals surface area (Å²) in [6, 6.07) is 15.8. The molecule has 4 heteroatoms. The van der Waals surface area contributed by atoms with Gasteiger partial charge in [-0.15, -0.1) is 0 Å². The maximum absolute atomic E-state index is 12.0. The summed E-state index contributed by atoms with van der Waals surface area (Å²) in [6.07, 6.45) is -0.882. The van der Waals surface area contributed by atoms with Gasteiger partial charge in [0.2, 0.25) is 6.29 Å². The van der Waals surface area contributed by atoms with Crippen LogP contribution in [0.5, 0.6) is 5.75 Å². The summed E-state index contributed by atoms with van der Waals surface area (Å²) in [5, 5.41) is 19.3. The lowest BCUT2D eigenvalue weighted by atomic mass is 9.96. The van der Waals surface area contributed by atoms with Crippen LogP contribution >= 0.6 is 0 Å². The third-order valence-corrected chi connectivity index (χ3v) is 3.44. The highest BCUT2D eigenvalue weighted by molar-refractivity contribution is 6.02. The highest BCUT2D eigenvalue weighted by Crippen LogP contribution is 2.32. The monoisotopic (exact) mass is 282 g/mol. The first-order chi connectivity index (χ1) is 10.1. The summed E-state index contributed by atoms with van der Waals surface area (Å²) >= 11 is 0. The summed E-state index contributed by atoms with van der Waals surface area (Å²) in [6.45, 7) is 0. The van der Waals surface area contributed by atoms with E-state index < -0.39 is 12.3 Å². The topological polar surface area (TPSA) is 66.8 Å².